The first-order valence-corrected chi connectivity index (χ1v) is 5.94. The molecule has 15 heavy (non-hydrogen) atoms. The summed E-state index contributed by atoms with van der Waals surface area (Å²) in [5.74, 6) is 0. The van der Waals surface area contributed by atoms with Crippen LogP contribution in [-0.2, 0) is 6.54 Å². The van der Waals surface area contributed by atoms with Crippen molar-refractivity contribution in [2.45, 2.75) is 31.5 Å². The van der Waals surface area contributed by atoms with Gasteiger partial charge in [-0.2, -0.15) is 0 Å². The molecule has 1 saturated heterocycles. The van der Waals surface area contributed by atoms with Gasteiger partial charge in [-0.25, -0.2) is 0 Å². The van der Waals surface area contributed by atoms with Crippen LogP contribution in [0.15, 0.2) is 30.3 Å². The van der Waals surface area contributed by atoms with E-state index in [4.69, 9.17) is 0 Å². The van der Waals surface area contributed by atoms with Crippen molar-refractivity contribution in [2.24, 2.45) is 0 Å². The molecule has 1 aromatic carbocycles. The molecule has 1 saturated carbocycles. The molecule has 1 aromatic rings. The van der Waals surface area contributed by atoms with Gasteiger partial charge in [-0.15, -0.1) is 0 Å². The number of hydrogen-bond acceptors (Lipinski definition) is 2. The van der Waals surface area contributed by atoms with E-state index in [1.165, 1.54) is 31.5 Å². The van der Waals surface area contributed by atoms with Gasteiger partial charge in [0.15, 0.2) is 0 Å². The largest absolute Gasteiger partial charge is 0.314 e. The van der Waals surface area contributed by atoms with Crippen molar-refractivity contribution in [1.29, 1.82) is 0 Å². The molecule has 0 atom stereocenters. The van der Waals surface area contributed by atoms with Crippen LogP contribution in [0.1, 0.15) is 18.4 Å². The van der Waals surface area contributed by atoms with Crippen LogP contribution in [0, 0.1) is 0 Å². The zero-order chi connectivity index (χ0) is 10.1. The highest BCUT2D eigenvalue weighted by molar-refractivity contribution is 5.15. The Balaban J connectivity index is 1.68. The summed E-state index contributed by atoms with van der Waals surface area (Å²) in [5.41, 5.74) is 1.45. The van der Waals surface area contributed by atoms with E-state index in [0.717, 1.165) is 18.6 Å². The molecule has 3 rings (SSSR count). The normalized spacial score (nSPS) is 21.7. The molecular formula is C13H18N2. The highest BCUT2D eigenvalue weighted by Gasteiger charge is 2.36. The van der Waals surface area contributed by atoms with Crippen molar-refractivity contribution in [3.8, 4) is 0 Å². The Bertz CT molecular complexity index is 315. The molecule has 2 nitrogen and oxygen atoms in total. The first-order valence-electron chi connectivity index (χ1n) is 5.94. The standard InChI is InChI=1S/C13H18N2/c1-2-4-11(5-3-1)10-15(12-6-7-12)13-8-14-9-13/h1-5,12-14H,6-10H2. The molecule has 2 aliphatic rings. The van der Waals surface area contributed by atoms with Crippen LogP contribution in [0.5, 0.6) is 0 Å². The molecule has 0 radical (unpaired) electrons. The molecule has 1 N–H and O–H groups in total. The smallest absolute Gasteiger partial charge is 0.0351 e. The summed E-state index contributed by atoms with van der Waals surface area (Å²) >= 11 is 0. The molecule has 0 bridgehead atoms. The van der Waals surface area contributed by atoms with Gasteiger partial charge < -0.3 is 5.32 Å². The predicted octanol–water partition coefficient (Wildman–Crippen LogP) is 1.62. The fourth-order valence-electron chi connectivity index (χ4n) is 2.26. The summed E-state index contributed by atoms with van der Waals surface area (Å²) in [5, 5.41) is 3.37. The summed E-state index contributed by atoms with van der Waals surface area (Å²) in [7, 11) is 0. The third-order valence-corrected chi connectivity index (χ3v) is 3.45. The van der Waals surface area contributed by atoms with Crippen molar-refractivity contribution >= 4 is 0 Å². The zero-order valence-corrected chi connectivity index (χ0v) is 9.02. The van der Waals surface area contributed by atoms with Gasteiger partial charge in [-0.3, -0.25) is 4.90 Å². The van der Waals surface area contributed by atoms with E-state index in [0.29, 0.717) is 0 Å². The Morgan fingerprint density at radius 2 is 1.80 bits per heavy atom. The summed E-state index contributed by atoms with van der Waals surface area (Å²) < 4.78 is 0. The molecule has 80 valence electrons. The molecule has 0 aromatic heterocycles. The monoisotopic (exact) mass is 202 g/mol. The van der Waals surface area contributed by atoms with Crippen molar-refractivity contribution in [3.05, 3.63) is 35.9 Å². The van der Waals surface area contributed by atoms with Crippen LogP contribution in [0.2, 0.25) is 0 Å². The molecule has 2 heteroatoms. The molecule has 1 aliphatic heterocycles. The van der Waals surface area contributed by atoms with E-state index >= 15 is 0 Å². The second-order valence-corrected chi connectivity index (χ2v) is 4.70. The van der Waals surface area contributed by atoms with Crippen LogP contribution in [-0.4, -0.2) is 30.1 Å². The maximum Gasteiger partial charge on any atom is 0.0351 e. The van der Waals surface area contributed by atoms with E-state index in [1.807, 2.05) is 0 Å². The molecule has 1 aliphatic carbocycles. The summed E-state index contributed by atoms with van der Waals surface area (Å²) in [6, 6.07) is 12.5. The van der Waals surface area contributed by atoms with Gasteiger partial charge in [-0.1, -0.05) is 30.3 Å². The second-order valence-electron chi connectivity index (χ2n) is 4.70. The van der Waals surface area contributed by atoms with Gasteiger partial charge in [-0.05, 0) is 18.4 Å². The number of nitrogens with zero attached hydrogens (tertiary/aromatic N) is 1. The fourth-order valence-corrected chi connectivity index (χ4v) is 2.26. The van der Waals surface area contributed by atoms with Crippen LogP contribution in [0.3, 0.4) is 0 Å². The third kappa shape index (κ3) is 2.06. The molecular weight excluding hydrogens is 184 g/mol. The summed E-state index contributed by atoms with van der Waals surface area (Å²) in [4.78, 5) is 2.69. The Morgan fingerprint density at radius 3 is 2.33 bits per heavy atom. The van der Waals surface area contributed by atoms with Crippen molar-refractivity contribution in [2.75, 3.05) is 13.1 Å². The maximum absolute atomic E-state index is 3.37. The quantitative estimate of drug-likeness (QED) is 0.798. The Hall–Kier alpha value is -0.860. The lowest BCUT2D eigenvalue weighted by Gasteiger charge is -2.38. The van der Waals surface area contributed by atoms with Crippen molar-refractivity contribution < 1.29 is 0 Å². The minimum atomic E-state index is 0.790. The van der Waals surface area contributed by atoms with Crippen molar-refractivity contribution in [1.82, 2.24) is 10.2 Å². The second kappa shape index (κ2) is 3.95. The van der Waals surface area contributed by atoms with Gasteiger partial charge >= 0.3 is 0 Å². The first kappa shape index (κ1) is 9.37. The van der Waals surface area contributed by atoms with Gasteiger partial charge in [0.25, 0.3) is 0 Å². The van der Waals surface area contributed by atoms with Crippen LogP contribution < -0.4 is 5.32 Å². The van der Waals surface area contributed by atoms with E-state index in [2.05, 4.69) is 40.5 Å². The summed E-state index contributed by atoms with van der Waals surface area (Å²) in [6.45, 7) is 3.50. The summed E-state index contributed by atoms with van der Waals surface area (Å²) in [6.07, 6.45) is 2.81. The Morgan fingerprint density at radius 1 is 1.07 bits per heavy atom. The van der Waals surface area contributed by atoms with Crippen LogP contribution in [0.4, 0.5) is 0 Å². The molecule has 2 fully saturated rings. The molecule has 1 heterocycles. The van der Waals surface area contributed by atoms with E-state index < -0.39 is 0 Å². The van der Waals surface area contributed by atoms with Crippen LogP contribution >= 0.6 is 0 Å². The number of nitrogens with one attached hydrogen (secondary N) is 1. The molecule has 0 spiro atoms. The highest BCUT2D eigenvalue weighted by Crippen LogP contribution is 2.31. The minimum absolute atomic E-state index is 0.790. The van der Waals surface area contributed by atoms with E-state index in [9.17, 15) is 0 Å². The third-order valence-electron chi connectivity index (χ3n) is 3.45. The van der Waals surface area contributed by atoms with Crippen LogP contribution in [0.25, 0.3) is 0 Å². The lowest BCUT2D eigenvalue weighted by Crippen LogP contribution is -2.57. The first-order chi connectivity index (χ1) is 7.43. The fraction of sp³-hybridized carbons (Fsp3) is 0.538. The van der Waals surface area contributed by atoms with Crippen molar-refractivity contribution in [3.63, 3.8) is 0 Å². The average molecular weight is 202 g/mol. The van der Waals surface area contributed by atoms with Gasteiger partial charge in [0.05, 0.1) is 0 Å². The SMILES string of the molecule is c1ccc(CN(C2CC2)C2CNC2)cc1. The van der Waals surface area contributed by atoms with Gasteiger partial charge in [0.2, 0.25) is 0 Å². The lowest BCUT2D eigenvalue weighted by atomic mass is 10.1. The number of rotatable bonds is 4. The number of benzene rings is 1. The van der Waals surface area contributed by atoms with Gasteiger partial charge in [0.1, 0.15) is 0 Å². The maximum atomic E-state index is 3.37. The van der Waals surface area contributed by atoms with E-state index in [-0.39, 0.29) is 0 Å². The Labute approximate surface area is 91.3 Å². The Kier molecular flexibility index (Phi) is 2.47. The van der Waals surface area contributed by atoms with Gasteiger partial charge in [0, 0.05) is 31.7 Å². The molecule has 0 unspecified atom stereocenters. The zero-order valence-electron chi connectivity index (χ0n) is 9.02. The topological polar surface area (TPSA) is 15.3 Å². The highest BCUT2D eigenvalue weighted by atomic mass is 15.3. The van der Waals surface area contributed by atoms with E-state index in [1.54, 1.807) is 0 Å². The average Bonchev–Trinajstić information content (AvgIpc) is 2.99. The minimum Gasteiger partial charge on any atom is -0.314 e. The number of hydrogen-bond donors (Lipinski definition) is 1. The molecule has 0 amide bonds. The predicted molar refractivity (Wildman–Crippen MR) is 61.7 cm³/mol. The lowest BCUT2D eigenvalue weighted by molar-refractivity contribution is 0.129.